The van der Waals surface area contributed by atoms with Crippen LogP contribution in [-0.2, 0) is 4.74 Å². The van der Waals surface area contributed by atoms with E-state index in [0.29, 0.717) is 19.4 Å². The third-order valence-electron chi connectivity index (χ3n) is 5.96. The number of nitro groups is 1. The van der Waals surface area contributed by atoms with Crippen molar-refractivity contribution >= 4 is 0 Å². The van der Waals surface area contributed by atoms with Gasteiger partial charge in [0.2, 0.25) is 6.04 Å². The van der Waals surface area contributed by atoms with Gasteiger partial charge in [0.05, 0.1) is 12.6 Å². The first-order chi connectivity index (χ1) is 12.7. The van der Waals surface area contributed by atoms with Gasteiger partial charge in [-0.3, -0.25) is 15.0 Å². The molecule has 26 heavy (non-hydrogen) atoms. The average Bonchev–Trinajstić information content (AvgIpc) is 3.08. The summed E-state index contributed by atoms with van der Waals surface area (Å²) in [4.78, 5) is 14.1. The van der Waals surface area contributed by atoms with Gasteiger partial charge in [-0.1, -0.05) is 67.6 Å². The number of piperidine rings is 1. The van der Waals surface area contributed by atoms with Crippen LogP contribution in [0.5, 0.6) is 0 Å². The highest BCUT2D eigenvalue weighted by molar-refractivity contribution is 5.27. The highest BCUT2D eigenvalue weighted by atomic mass is 16.6. The second-order valence-electron chi connectivity index (χ2n) is 7.19. The van der Waals surface area contributed by atoms with Gasteiger partial charge >= 0.3 is 0 Å². The van der Waals surface area contributed by atoms with Crippen molar-refractivity contribution in [2.75, 3.05) is 6.61 Å². The molecule has 0 saturated carbocycles. The van der Waals surface area contributed by atoms with Crippen LogP contribution in [0.15, 0.2) is 60.7 Å². The van der Waals surface area contributed by atoms with Crippen molar-refractivity contribution in [3.05, 3.63) is 81.9 Å². The average molecular weight is 352 g/mol. The van der Waals surface area contributed by atoms with Gasteiger partial charge in [0.1, 0.15) is 11.8 Å². The van der Waals surface area contributed by atoms with Crippen LogP contribution in [0.2, 0.25) is 0 Å². The van der Waals surface area contributed by atoms with Crippen LogP contribution in [-0.4, -0.2) is 28.2 Å². The maximum atomic E-state index is 11.9. The fourth-order valence-corrected chi connectivity index (χ4v) is 4.69. The van der Waals surface area contributed by atoms with Crippen molar-refractivity contribution in [1.82, 2.24) is 4.90 Å². The summed E-state index contributed by atoms with van der Waals surface area (Å²) in [6.45, 7) is 2.69. The second kappa shape index (κ2) is 6.82. The van der Waals surface area contributed by atoms with Crippen LogP contribution in [0.4, 0.5) is 0 Å². The predicted octanol–water partition coefficient (Wildman–Crippen LogP) is 4.35. The summed E-state index contributed by atoms with van der Waals surface area (Å²) in [5, 5.41) is 11.9. The van der Waals surface area contributed by atoms with E-state index in [1.165, 1.54) is 0 Å². The number of hydrogen-bond donors (Lipinski definition) is 0. The second-order valence-corrected chi connectivity index (χ2v) is 7.19. The molecule has 0 aromatic heterocycles. The molecular weight excluding hydrogens is 328 g/mol. The molecule has 0 radical (unpaired) electrons. The van der Waals surface area contributed by atoms with Gasteiger partial charge in [-0.15, -0.1) is 0 Å². The molecule has 2 fully saturated rings. The molecule has 5 nitrogen and oxygen atoms in total. The number of rotatable bonds is 4. The lowest BCUT2D eigenvalue weighted by Gasteiger charge is -2.48. The van der Waals surface area contributed by atoms with E-state index in [-0.39, 0.29) is 17.0 Å². The summed E-state index contributed by atoms with van der Waals surface area (Å²) >= 11 is 0. The quantitative estimate of drug-likeness (QED) is 0.606. The molecule has 136 valence electrons. The standard InChI is InChI=1S/C21H24N2O3/c1-2-21-14-13-18(23(24)25)20(17-11-7-4-8-12-17)22(21)19(15-26-21)16-9-5-3-6-10-16/h3-12,18-20H,2,13-15H2,1H3. The fourth-order valence-electron chi connectivity index (χ4n) is 4.69. The molecular formula is C21H24N2O3. The Morgan fingerprint density at radius 3 is 2.31 bits per heavy atom. The highest BCUT2D eigenvalue weighted by Gasteiger charge is 2.58. The number of ether oxygens (including phenoxy) is 1. The molecule has 0 amide bonds. The number of nitrogens with zero attached hydrogens (tertiary/aromatic N) is 2. The minimum Gasteiger partial charge on any atom is -0.358 e. The molecule has 4 unspecified atom stereocenters. The molecule has 4 atom stereocenters. The fraction of sp³-hybridized carbons (Fsp3) is 0.429. The maximum absolute atomic E-state index is 11.9. The zero-order valence-electron chi connectivity index (χ0n) is 15.0. The van der Waals surface area contributed by atoms with E-state index in [9.17, 15) is 10.1 Å². The molecule has 0 N–H and O–H groups in total. The van der Waals surface area contributed by atoms with E-state index < -0.39 is 11.8 Å². The van der Waals surface area contributed by atoms with Crippen LogP contribution in [0.3, 0.4) is 0 Å². The van der Waals surface area contributed by atoms with Crippen molar-refractivity contribution in [2.45, 2.75) is 50.0 Å². The summed E-state index contributed by atoms with van der Waals surface area (Å²) in [7, 11) is 0. The van der Waals surface area contributed by atoms with Crippen molar-refractivity contribution < 1.29 is 9.66 Å². The van der Waals surface area contributed by atoms with E-state index in [0.717, 1.165) is 17.5 Å². The minimum absolute atomic E-state index is 0.0316. The van der Waals surface area contributed by atoms with Crippen LogP contribution >= 0.6 is 0 Å². The molecule has 4 rings (SSSR count). The Morgan fingerprint density at radius 2 is 1.73 bits per heavy atom. The number of fused-ring (bicyclic) bond motifs is 1. The molecule has 0 spiro atoms. The van der Waals surface area contributed by atoms with Crippen LogP contribution in [0.1, 0.15) is 49.4 Å². The van der Waals surface area contributed by atoms with Crippen molar-refractivity contribution in [2.24, 2.45) is 0 Å². The Morgan fingerprint density at radius 1 is 1.12 bits per heavy atom. The Bertz CT molecular complexity index is 767. The van der Waals surface area contributed by atoms with E-state index in [4.69, 9.17) is 4.74 Å². The smallest absolute Gasteiger partial charge is 0.232 e. The van der Waals surface area contributed by atoms with Gasteiger partial charge in [-0.25, -0.2) is 0 Å². The highest BCUT2D eigenvalue weighted by Crippen LogP contribution is 2.52. The molecule has 2 aromatic rings. The van der Waals surface area contributed by atoms with Gasteiger partial charge in [-0.05, 0) is 24.0 Å². The minimum atomic E-state index is -0.620. The van der Waals surface area contributed by atoms with Crippen LogP contribution < -0.4 is 0 Å². The van der Waals surface area contributed by atoms with E-state index in [2.05, 4.69) is 24.0 Å². The first-order valence-electron chi connectivity index (χ1n) is 9.32. The number of benzene rings is 2. The largest absolute Gasteiger partial charge is 0.358 e. The Labute approximate surface area is 153 Å². The van der Waals surface area contributed by atoms with E-state index in [1.54, 1.807) is 0 Å². The lowest BCUT2D eigenvalue weighted by atomic mass is 9.82. The van der Waals surface area contributed by atoms with Gasteiger partial charge < -0.3 is 4.74 Å². The lowest BCUT2D eigenvalue weighted by Crippen LogP contribution is -2.56. The van der Waals surface area contributed by atoms with Gasteiger partial charge in [0.15, 0.2) is 0 Å². The Hall–Kier alpha value is -2.24. The topological polar surface area (TPSA) is 55.6 Å². The summed E-state index contributed by atoms with van der Waals surface area (Å²) in [5.41, 5.74) is 1.74. The molecule has 2 aromatic carbocycles. The Kier molecular flexibility index (Phi) is 4.51. The van der Waals surface area contributed by atoms with Gasteiger partial charge in [0, 0.05) is 11.3 Å². The third kappa shape index (κ3) is 2.72. The molecule has 2 saturated heterocycles. The SMILES string of the molecule is CCC12CCC([N+](=O)[O-])C(c3ccccc3)N1C(c1ccccc1)CO2. The van der Waals surface area contributed by atoms with E-state index in [1.807, 2.05) is 48.5 Å². The van der Waals surface area contributed by atoms with Crippen LogP contribution in [0.25, 0.3) is 0 Å². The first kappa shape index (κ1) is 17.2. The lowest BCUT2D eigenvalue weighted by molar-refractivity contribution is -0.540. The van der Waals surface area contributed by atoms with Gasteiger partial charge in [0.25, 0.3) is 0 Å². The molecule has 0 bridgehead atoms. The zero-order valence-corrected chi connectivity index (χ0v) is 15.0. The summed E-state index contributed by atoms with van der Waals surface area (Å²) in [5.74, 6) is 0. The van der Waals surface area contributed by atoms with Crippen molar-refractivity contribution in [1.29, 1.82) is 0 Å². The zero-order chi connectivity index (χ0) is 18.1. The molecule has 2 aliphatic heterocycles. The maximum Gasteiger partial charge on any atom is 0.232 e. The molecule has 5 heteroatoms. The summed E-state index contributed by atoms with van der Waals surface area (Å²) < 4.78 is 6.34. The van der Waals surface area contributed by atoms with E-state index >= 15 is 0 Å². The molecule has 2 aliphatic rings. The monoisotopic (exact) mass is 352 g/mol. The summed E-state index contributed by atoms with van der Waals surface area (Å²) in [6, 6.07) is 19.2. The van der Waals surface area contributed by atoms with Crippen LogP contribution in [0, 0.1) is 10.1 Å². The molecule has 2 heterocycles. The van der Waals surface area contributed by atoms with Crippen molar-refractivity contribution in [3.63, 3.8) is 0 Å². The van der Waals surface area contributed by atoms with Crippen molar-refractivity contribution in [3.8, 4) is 0 Å². The normalized spacial score (nSPS) is 31.5. The first-order valence-corrected chi connectivity index (χ1v) is 9.32. The number of hydrogen-bond acceptors (Lipinski definition) is 4. The van der Waals surface area contributed by atoms with Gasteiger partial charge in [-0.2, -0.15) is 0 Å². The Balaban J connectivity index is 1.83. The summed E-state index contributed by atoms with van der Waals surface area (Å²) in [6.07, 6.45) is 2.06. The predicted molar refractivity (Wildman–Crippen MR) is 99.2 cm³/mol. The third-order valence-corrected chi connectivity index (χ3v) is 5.96. The molecule has 0 aliphatic carbocycles.